The molecule has 1 aromatic carbocycles. The van der Waals surface area contributed by atoms with Crippen molar-refractivity contribution in [1.82, 2.24) is 5.32 Å². The summed E-state index contributed by atoms with van der Waals surface area (Å²) in [6, 6.07) is 7.22. The summed E-state index contributed by atoms with van der Waals surface area (Å²) >= 11 is 9.77. The van der Waals surface area contributed by atoms with E-state index in [0.717, 1.165) is 21.3 Å². The quantitative estimate of drug-likeness (QED) is 0.828. The lowest BCUT2D eigenvalue weighted by molar-refractivity contribution is 0.327. The first kappa shape index (κ1) is 13.0. The number of benzene rings is 1. The fraction of sp³-hybridized carbons (Fsp3) is 0.600. The van der Waals surface area contributed by atoms with Gasteiger partial charge in [0.25, 0.3) is 0 Å². The minimum Gasteiger partial charge on any atom is -0.307 e. The summed E-state index contributed by atoms with van der Waals surface area (Å²) in [6.45, 7) is 2.22. The van der Waals surface area contributed by atoms with Crippen LogP contribution in [0.15, 0.2) is 22.7 Å². The number of fused-ring (bicyclic) bond motifs is 2. The Morgan fingerprint density at radius 3 is 2.78 bits per heavy atom. The van der Waals surface area contributed by atoms with E-state index in [9.17, 15) is 0 Å². The summed E-state index contributed by atoms with van der Waals surface area (Å²) in [5, 5.41) is 4.64. The average Bonchev–Trinajstić information content (AvgIpc) is 2.90. The van der Waals surface area contributed by atoms with Crippen molar-refractivity contribution in [2.75, 3.05) is 0 Å². The van der Waals surface area contributed by atoms with E-state index in [2.05, 4.69) is 40.3 Å². The lowest BCUT2D eigenvalue weighted by Crippen LogP contribution is -2.35. The zero-order valence-electron chi connectivity index (χ0n) is 10.6. The summed E-state index contributed by atoms with van der Waals surface area (Å²) in [5.74, 6) is 1.90. The molecule has 1 N–H and O–H groups in total. The Hall–Kier alpha value is -0.0500. The predicted octanol–water partition coefficient (Wildman–Crippen LogP) is 4.94. The Bertz CT molecular complexity index is 448. The Balaban J connectivity index is 1.69. The van der Waals surface area contributed by atoms with Crippen LogP contribution in [0, 0.1) is 11.8 Å². The number of nitrogens with one attached hydrogen (secondary N) is 1. The molecular weight excluding hydrogens is 310 g/mol. The maximum absolute atomic E-state index is 6.32. The van der Waals surface area contributed by atoms with E-state index in [0.29, 0.717) is 12.1 Å². The molecule has 0 heterocycles. The highest BCUT2D eigenvalue weighted by Gasteiger charge is 2.39. The molecule has 3 rings (SSSR count). The smallest absolute Gasteiger partial charge is 0.0464 e. The number of hydrogen-bond acceptors (Lipinski definition) is 1. The molecule has 98 valence electrons. The van der Waals surface area contributed by atoms with Crippen molar-refractivity contribution in [3.8, 4) is 0 Å². The summed E-state index contributed by atoms with van der Waals surface area (Å²) < 4.78 is 1.04. The van der Waals surface area contributed by atoms with Gasteiger partial charge in [-0.2, -0.15) is 0 Å². The number of rotatable bonds is 3. The molecule has 4 atom stereocenters. The van der Waals surface area contributed by atoms with E-state index in [4.69, 9.17) is 11.6 Å². The van der Waals surface area contributed by atoms with Crippen LogP contribution in [-0.4, -0.2) is 6.04 Å². The molecule has 2 aliphatic rings. The molecular formula is C15H19BrClN. The molecule has 4 unspecified atom stereocenters. The molecule has 0 radical (unpaired) electrons. The van der Waals surface area contributed by atoms with Gasteiger partial charge in [-0.3, -0.25) is 0 Å². The topological polar surface area (TPSA) is 12.0 Å². The van der Waals surface area contributed by atoms with E-state index >= 15 is 0 Å². The maximum Gasteiger partial charge on any atom is 0.0464 e. The fourth-order valence-corrected chi connectivity index (χ4v) is 4.55. The van der Waals surface area contributed by atoms with Crippen molar-refractivity contribution in [3.05, 3.63) is 33.3 Å². The lowest BCUT2D eigenvalue weighted by Gasteiger charge is -2.27. The van der Waals surface area contributed by atoms with Crippen LogP contribution in [0.1, 0.15) is 44.2 Å². The molecule has 18 heavy (non-hydrogen) atoms. The molecule has 2 fully saturated rings. The largest absolute Gasteiger partial charge is 0.307 e. The van der Waals surface area contributed by atoms with E-state index in [1.54, 1.807) is 0 Å². The van der Waals surface area contributed by atoms with Crippen molar-refractivity contribution in [1.29, 1.82) is 0 Å². The van der Waals surface area contributed by atoms with Crippen LogP contribution in [0.4, 0.5) is 0 Å². The van der Waals surface area contributed by atoms with E-state index in [1.807, 2.05) is 6.07 Å². The summed E-state index contributed by atoms with van der Waals surface area (Å²) in [4.78, 5) is 0. The van der Waals surface area contributed by atoms with Crippen molar-refractivity contribution in [2.24, 2.45) is 11.8 Å². The second-order valence-corrected chi connectivity index (χ2v) is 7.16. The van der Waals surface area contributed by atoms with Crippen LogP contribution in [0.5, 0.6) is 0 Å². The van der Waals surface area contributed by atoms with Crippen LogP contribution >= 0.6 is 27.5 Å². The molecule has 0 spiro atoms. The maximum atomic E-state index is 6.32. The van der Waals surface area contributed by atoms with Gasteiger partial charge < -0.3 is 5.32 Å². The monoisotopic (exact) mass is 327 g/mol. The molecule has 1 aromatic rings. The Morgan fingerprint density at radius 1 is 1.33 bits per heavy atom. The lowest BCUT2D eigenvalue weighted by atomic mass is 9.94. The molecule has 0 aliphatic heterocycles. The second-order valence-electron chi connectivity index (χ2n) is 5.84. The van der Waals surface area contributed by atoms with Gasteiger partial charge in [0.15, 0.2) is 0 Å². The van der Waals surface area contributed by atoms with Gasteiger partial charge in [0, 0.05) is 21.6 Å². The highest BCUT2D eigenvalue weighted by molar-refractivity contribution is 9.10. The SMILES string of the molecule is CC(NC1CC2CCC1C2)c1ccc(Br)cc1Cl. The first-order valence-electron chi connectivity index (χ1n) is 6.84. The first-order chi connectivity index (χ1) is 8.63. The molecule has 2 saturated carbocycles. The van der Waals surface area contributed by atoms with Gasteiger partial charge in [-0.25, -0.2) is 0 Å². The molecule has 0 saturated heterocycles. The molecule has 0 aromatic heterocycles. The Labute approximate surface area is 122 Å². The zero-order valence-corrected chi connectivity index (χ0v) is 13.0. The third-order valence-corrected chi connectivity index (χ3v) is 5.45. The van der Waals surface area contributed by atoms with E-state index in [1.165, 1.54) is 31.2 Å². The second kappa shape index (κ2) is 5.15. The van der Waals surface area contributed by atoms with Crippen LogP contribution in [0.25, 0.3) is 0 Å². The highest BCUT2D eigenvalue weighted by Crippen LogP contribution is 2.45. The number of hydrogen-bond donors (Lipinski definition) is 1. The zero-order chi connectivity index (χ0) is 12.7. The normalized spacial score (nSPS) is 31.8. The van der Waals surface area contributed by atoms with Gasteiger partial charge >= 0.3 is 0 Å². The molecule has 1 nitrogen and oxygen atoms in total. The Morgan fingerprint density at radius 2 is 2.17 bits per heavy atom. The van der Waals surface area contributed by atoms with E-state index in [-0.39, 0.29) is 0 Å². The van der Waals surface area contributed by atoms with Crippen LogP contribution < -0.4 is 5.32 Å². The number of halogens is 2. The average molecular weight is 329 g/mol. The van der Waals surface area contributed by atoms with Crippen molar-refractivity contribution in [3.63, 3.8) is 0 Å². The third-order valence-electron chi connectivity index (χ3n) is 4.63. The van der Waals surface area contributed by atoms with Crippen LogP contribution in [-0.2, 0) is 0 Å². The van der Waals surface area contributed by atoms with Gasteiger partial charge in [0.2, 0.25) is 0 Å². The van der Waals surface area contributed by atoms with Crippen molar-refractivity contribution >= 4 is 27.5 Å². The minimum absolute atomic E-state index is 0.343. The molecule has 2 bridgehead atoms. The van der Waals surface area contributed by atoms with Gasteiger partial charge in [-0.1, -0.05) is 40.0 Å². The predicted molar refractivity (Wildman–Crippen MR) is 79.9 cm³/mol. The standard InChI is InChI=1S/C15H19BrClN/c1-9(13-5-4-12(16)8-14(13)17)18-15-7-10-2-3-11(15)6-10/h4-5,8-11,15,18H,2-3,6-7H2,1H3. The van der Waals surface area contributed by atoms with Crippen molar-refractivity contribution < 1.29 is 0 Å². The van der Waals surface area contributed by atoms with Gasteiger partial charge in [-0.15, -0.1) is 0 Å². The van der Waals surface area contributed by atoms with Crippen LogP contribution in [0.2, 0.25) is 5.02 Å². The van der Waals surface area contributed by atoms with Gasteiger partial charge in [0.05, 0.1) is 0 Å². The van der Waals surface area contributed by atoms with Gasteiger partial charge in [0.1, 0.15) is 0 Å². The van der Waals surface area contributed by atoms with Gasteiger partial charge in [-0.05, 0) is 55.7 Å². The highest BCUT2D eigenvalue weighted by atomic mass is 79.9. The Kier molecular flexibility index (Phi) is 3.70. The summed E-state index contributed by atoms with van der Waals surface area (Å²) in [5.41, 5.74) is 1.21. The fourth-order valence-electron chi connectivity index (χ4n) is 3.71. The van der Waals surface area contributed by atoms with Crippen LogP contribution in [0.3, 0.4) is 0 Å². The molecule has 3 heteroatoms. The van der Waals surface area contributed by atoms with E-state index < -0.39 is 0 Å². The minimum atomic E-state index is 0.343. The van der Waals surface area contributed by atoms with Crippen molar-refractivity contribution in [2.45, 2.75) is 44.7 Å². The molecule has 2 aliphatic carbocycles. The summed E-state index contributed by atoms with van der Waals surface area (Å²) in [6.07, 6.45) is 5.68. The first-order valence-corrected chi connectivity index (χ1v) is 8.01. The summed E-state index contributed by atoms with van der Waals surface area (Å²) in [7, 11) is 0. The third kappa shape index (κ3) is 2.48. The molecule has 0 amide bonds.